The summed E-state index contributed by atoms with van der Waals surface area (Å²) in [4.78, 5) is 16.6. The lowest BCUT2D eigenvalue weighted by Gasteiger charge is -2.16. The quantitative estimate of drug-likeness (QED) is 0.546. The van der Waals surface area contributed by atoms with Crippen molar-refractivity contribution in [3.05, 3.63) is 71.7 Å². The molecule has 0 amide bonds. The molecule has 3 aromatic rings. The highest BCUT2D eigenvalue weighted by Crippen LogP contribution is 2.45. The van der Waals surface area contributed by atoms with Crippen molar-refractivity contribution in [2.75, 3.05) is 6.61 Å². The number of benzene rings is 2. The highest BCUT2D eigenvalue weighted by molar-refractivity contribution is 5.99. The second kappa shape index (κ2) is 8.76. The van der Waals surface area contributed by atoms with Crippen molar-refractivity contribution in [2.45, 2.75) is 38.2 Å². The van der Waals surface area contributed by atoms with E-state index in [1.807, 2.05) is 30.3 Å². The molecule has 0 aliphatic heterocycles. The summed E-state index contributed by atoms with van der Waals surface area (Å²) in [5, 5.41) is 11.3. The minimum absolute atomic E-state index is 0.101. The summed E-state index contributed by atoms with van der Waals surface area (Å²) in [6.45, 7) is 2.02. The van der Waals surface area contributed by atoms with Crippen LogP contribution in [0.4, 0.5) is 4.39 Å². The number of esters is 1. The lowest BCUT2D eigenvalue weighted by Crippen LogP contribution is -2.13. The number of aromatic nitrogens is 1. The SMILES string of the molecule is CCOC(=O)CC(O)C=Cc1c(C2CC2)nc2ccccc2c1-c1ccc(F)cc1. The second-order valence-corrected chi connectivity index (χ2v) is 7.52. The summed E-state index contributed by atoms with van der Waals surface area (Å²) in [5.41, 5.74) is 4.62. The highest BCUT2D eigenvalue weighted by Gasteiger charge is 2.29. The number of hydrogen-bond acceptors (Lipinski definition) is 4. The molecule has 1 heterocycles. The second-order valence-electron chi connectivity index (χ2n) is 7.52. The molecule has 1 N–H and O–H groups in total. The van der Waals surface area contributed by atoms with Crippen molar-refractivity contribution >= 4 is 22.9 Å². The molecule has 4 nitrogen and oxygen atoms in total. The number of pyridine rings is 1. The first-order valence-electron chi connectivity index (χ1n) is 10.3. The van der Waals surface area contributed by atoms with E-state index in [1.54, 1.807) is 25.1 Å². The monoisotopic (exact) mass is 405 g/mol. The van der Waals surface area contributed by atoms with Crippen molar-refractivity contribution in [3.63, 3.8) is 0 Å². The number of para-hydroxylation sites is 1. The molecule has 1 fully saturated rings. The van der Waals surface area contributed by atoms with Gasteiger partial charge >= 0.3 is 5.97 Å². The topological polar surface area (TPSA) is 59.4 Å². The number of carbonyl (C=O) groups excluding carboxylic acids is 1. The lowest BCUT2D eigenvalue weighted by molar-refractivity contribution is -0.144. The Morgan fingerprint density at radius 1 is 1.23 bits per heavy atom. The average molecular weight is 405 g/mol. The van der Waals surface area contributed by atoms with Crippen LogP contribution in [-0.4, -0.2) is 28.8 Å². The van der Waals surface area contributed by atoms with E-state index in [1.165, 1.54) is 12.1 Å². The fourth-order valence-electron chi connectivity index (χ4n) is 3.68. The van der Waals surface area contributed by atoms with Gasteiger partial charge in [0.1, 0.15) is 5.82 Å². The van der Waals surface area contributed by atoms with Gasteiger partial charge in [0.15, 0.2) is 0 Å². The molecule has 1 atom stereocenters. The largest absolute Gasteiger partial charge is 0.466 e. The zero-order valence-electron chi connectivity index (χ0n) is 16.8. The number of ether oxygens (including phenoxy) is 1. The van der Waals surface area contributed by atoms with Crippen molar-refractivity contribution in [3.8, 4) is 11.1 Å². The number of aliphatic hydroxyl groups is 1. The molecule has 0 spiro atoms. The normalized spacial score (nSPS) is 14.9. The van der Waals surface area contributed by atoms with Crippen LogP contribution in [0.15, 0.2) is 54.6 Å². The fourth-order valence-corrected chi connectivity index (χ4v) is 3.68. The number of fused-ring (bicyclic) bond motifs is 1. The van der Waals surface area contributed by atoms with Crippen molar-refractivity contribution in [1.29, 1.82) is 0 Å². The molecule has 1 aromatic heterocycles. The van der Waals surface area contributed by atoms with Crippen LogP contribution in [0.25, 0.3) is 28.1 Å². The molecule has 0 radical (unpaired) electrons. The smallest absolute Gasteiger partial charge is 0.308 e. The Morgan fingerprint density at radius 3 is 2.67 bits per heavy atom. The third-order valence-corrected chi connectivity index (χ3v) is 5.22. The highest BCUT2D eigenvalue weighted by atomic mass is 19.1. The Balaban J connectivity index is 1.83. The zero-order chi connectivity index (χ0) is 21.1. The summed E-state index contributed by atoms with van der Waals surface area (Å²) in [5.74, 6) is -0.357. The van der Waals surface area contributed by atoms with Crippen molar-refractivity contribution in [2.24, 2.45) is 0 Å². The van der Waals surface area contributed by atoms with E-state index in [0.717, 1.165) is 46.1 Å². The molecule has 4 rings (SSSR count). The molecule has 1 aliphatic rings. The van der Waals surface area contributed by atoms with Crippen LogP contribution >= 0.6 is 0 Å². The van der Waals surface area contributed by atoms with Crippen molar-refractivity contribution in [1.82, 2.24) is 4.98 Å². The number of carbonyl (C=O) groups is 1. The molecule has 2 aromatic carbocycles. The van der Waals surface area contributed by atoms with Crippen LogP contribution in [0.2, 0.25) is 0 Å². The van der Waals surface area contributed by atoms with Gasteiger partial charge in [-0.25, -0.2) is 4.39 Å². The molecular weight excluding hydrogens is 381 g/mol. The summed E-state index contributed by atoms with van der Waals surface area (Å²) in [7, 11) is 0. The summed E-state index contributed by atoms with van der Waals surface area (Å²) < 4.78 is 18.5. The van der Waals surface area contributed by atoms with Gasteiger partial charge in [0, 0.05) is 22.4 Å². The zero-order valence-corrected chi connectivity index (χ0v) is 16.8. The summed E-state index contributed by atoms with van der Waals surface area (Å²) in [6.07, 6.45) is 4.54. The summed E-state index contributed by atoms with van der Waals surface area (Å²) in [6, 6.07) is 14.3. The Morgan fingerprint density at radius 2 is 1.97 bits per heavy atom. The van der Waals surface area contributed by atoms with Gasteiger partial charge in [-0.1, -0.05) is 42.5 Å². The van der Waals surface area contributed by atoms with E-state index >= 15 is 0 Å². The van der Waals surface area contributed by atoms with Crippen LogP contribution < -0.4 is 0 Å². The fraction of sp³-hybridized carbons (Fsp3) is 0.280. The first kappa shape index (κ1) is 20.2. The molecule has 1 aliphatic carbocycles. The average Bonchev–Trinajstić information content (AvgIpc) is 3.57. The lowest BCUT2D eigenvalue weighted by atomic mass is 9.92. The van der Waals surface area contributed by atoms with Crippen LogP contribution in [0.5, 0.6) is 0 Å². The maximum absolute atomic E-state index is 13.6. The predicted molar refractivity (Wildman–Crippen MR) is 115 cm³/mol. The first-order valence-corrected chi connectivity index (χ1v) is 10.3. The molecule has 154 valence electrons. The van der Waals surface area contributed by atoms with Gasteiger partial charge in [-0.2, -0.15) is 0 Å². The number of aliphatic hydroxyl groups excluding tert-OH is 1. The van der Waals surface area contributed by atoms with Gasteiger partial charge in [0.2, 0.25) is 0 Å². The molecule has 0 saturated heterocycles. The van der Waals surface area contributed by atoms with E-state index in [2.05, 4.69) is 0 Å². The van der Waals surface area contributed by atoms with Gasteiger partial charge in [-0.3, -0.25) is 9.78 Å². The van der Waals surface area contributed by atoms with E-state index in [4.69, 9.17) is 9.72 Å². The van der Waals surface area contributed by atoms with Gasteiger partial charge in [0.25, 0.3) is 0 Å². The van der Waals surface area contributed by atoms with Crippen LogP contribution in [0, 0.1) is 5.82 Å². The minimum Gasteiger partial charge on any atom is -0.466 e. The van der Waals surface area contributed by atoms with E-state index < -0.39 is 12.1 Å². The Labute approximate surface area is 175 Å². The number of nitrogens with zero attached hydrogens (tertiary/aromatic N) is 1. The van der Waals surface area contributed by atoms with Crippen LogP contribution in [-0.2, 0) is 9.53 Å². The molecule has 5 heteroatoms. The number of rotatable bonds is 7. The third kappa shape index (κ3) is 4.41. The van der Waals surface area contributed by atoms with Crippen molar-refractivity contribution < 1.29 is 19.0 Å². The molecule has 0 bridgehead atoms. The van der Waals surface area contributed by atoms with Gasteiger partial charge in [0.05, 0.1) is 30.3 Å². The Kier molecular flexibility index (Phi) is 5.91. The van der Waals surface area contributed by atoms with E-state index in [0.29, 0.717) is 5.92 Å². The van der Waals surface area contributed by atoms with Crippen LogP contribution in [0.1, 0.15) is 43.4 Å². The molecule has 1 unspecified atom stereocenters. The third-order valence-electron chi connectivity index (χ3n) is 5.22. The maximum atomic E-state index is 13.6. The Bertz CT molecular complexity index is 1090. The van der Waals surface area contributed by atoms with Gasteiger partial charge in [-0.05, 0) is 43.5 Å². The Hall–Kier alpha value is -3.05. The number of halogens is 1. The summed E-state index contributed by atoms with van der Waals surface area (Å²) >= 11 is 0. The van der Waals surface area contributed by atoms with E-state index in [9.17, 15) is 14.3 Å². The molecule has 30 heavy (non-hydrogen) atoms. The minimum atomic E-state index is -0.955. The van der Waals surface area contributed by atoms with Gasteiger partial charge < -0.3 is 9.84 Å². The molecule has 1 saturated carbocycles. The van der Waals surface area contributed by atoms with Crippen LogP contribution in [0.3, 0.4) is 0 Å². The number of hydrogen-bond donors (Lipinski definition) is 1. The standard InChI is InChI=1S/C25H24FNO3/c1-2-30-23(29)15-19(28)13-14-21-24(16-9-11-18(26)12-10-16)20-5-3-4-6-22(20)27-25(21)17-7-8-17/h3-6,9-14,17,19,28H,2,7-8,15H2,1H3. The van der Waals surface area contributed by atoms with Gasteiger partial charge in [-0.15, -0.1) is 0 Å². The first-order chi connectivity index (χ1) is 14.6. The molecular formula is C25H24FNO3. The maximum Gasteiger partial charge on any atom is 0.308 e. The predicted octanol–water partition coefficient (Wildman–Crippen LogP) is 5.25. The van der Waals surface area contributed by atoms with E-state index in [-0.39, 0.29) is 18.8 Å².